The van der Waals surface area contributed by atoms with Gasteiger partial charge in [-0.05, 0) is 63.0 Å². The van der Waals surface area contributed by atoms with Gasteiger partial charge in [0.25, 0.3) is 0 Å². The smallest absolute Gasteiger partial charge is 0.325 e. The summed E-state index contributed by atoms with van der Waals surface area (Å²) >= 11 is 0. The molecule has 1 aromatic rings. The fourth-order valence-electron chi connectivity index (χ4n) is 4.56. The Hall–Kier alpha value is -2.61. The van der Waals surface area contributed by atoms with Crippen molar-refractivity contribution < 1.29 is 14.4 Å². The summed E-state index contributed by atoms with van der Waals surface area (Å²) in [6, 6.07) is 5.99. The Morgan fingerprint density at radius 1 is 1.10 bits per heavy atom. The molecule has 3 saturated heterocycles. The van der Waals surface area contributed by atoms with E-state index in [4.69, 9.17) is 5.73 Å². The Balaban J connectivity index is 1.47. The number of nitrogens with zero attached hydrogens (tertiary/aromatic N) is 4. The second-order valence-electron chi connectivity index (χ2n) is 8.01. The number of likely N-dealkylation sites (tertiary alicyclic amines) is 1. The number of primary amides is 1. The van der Waals surface area contributed by atoms with Crippen LogP contribution in [0.25, 0.3) is 0 Å². The van der Waals surface area contributed by atoms with E-state index in [1.54, 1.807) is 29.0 Å². The van der Waals surface area contributed by atoms with Gasteiger partial charge in [0.1, 0.15) is 6.04 Å². The number of carbonyl (C=O) groups is 3. The standard InChI is InChI=1S/C21H28N5O3/c1-23(18(27)14-24-11-3-2-4-12-24)15-7-9-16(10-8-15)26-19(20(22)28)17-6-5-13-25(17)21(26)29/h6-10,17,19H,2-5,11-14H2,1H3,(H2,22,28)/t17-,19?/m1/s1. The number of carbonyl (C=O) groups excluding carboxylic acids is 3. The summed E-state index contributed by atoms with van der Waals surface area (Å²) in [4.78, 5) is 44.5. The minimum atomic E-state index is -0.700. The number of anilines is 2. The van der Waals surface area contributed by atoms with Crippen LogP contribution in [-0.4, -0.2) is 73.0 Å². The molecule has 0 saturated carbocycles. The van der Waals surface area contributed by atoms with Crippen LogP contribution in [0.4, 0.5) is 16.2 Å². The van der Waals surface area contributed by atoms with Gasteiger partial charge in [0.15, 0.2) is 0 Å². The molecule has 0 aromatic heterocycles. The summed E-state index contributed by atoms with van der Waals surface area (Å²) in [7, 11) is 1.76. The number of fused-ring (bicyclic) bond motifs is 1. The molecule has 4 rings (SSSR count). The molecule has 8 nitrogen and oxygen atoms in total. The molecule has 3 aliphatic heterocycles. The Kier molecular flexibility index (Phi) is 5.45. The van der Waals surface area contributed by atoms with E-state index in [2.05, 4.69) is 4.90 Å². The van der Waals surface area contributed by atoms with Crippen LogP contribution in [0.3, 0.4) is 0 Å². The van der Waals surface area contributed by atoms with Gasteiger partial charge < -0.3 is 15.5 Å². The van der Waals surface area contributed by atoms with Crippen LogP contribution >= 0.6 is 0 Å². The van der Waals surface area contributed by atoms with Crippen molar-refractivity contribution in [1.82, 2.24) is 9.80 Å². The van der Waals surface area contributed by atoms with Crippen LogP contribution < -0.4 is 15.5 Å². The van der Waals surface area contributed by atoms with Crippen LogP contribution in [0.15, 0.2) is 24.3 Å². The maximum atomic E-state index is 12.8. The minimum absolute atomic E-state index is 0.0437. The summed E-state index contributed by atoms with van der Waals surface area (Å²) in [5.74, 6) is -0.468. The summed E-state index contributed by atoms with van der Waals surface area (Å²) in [5, 5.41) is 0. The Bertz CT molecular complexity index is 790. The van der Waals surface area contributed by atoms with Crippen molar-refractivity contribution in [3.8, 4) is 0 Å². The predicted octanol–water partition coefficient (Wildman–Crippen LogP) is 1.21. The monoisotopic (exact) mass is 398 g/mol. The lowest BCUT2D eigenvalue weighted by atomic mass is 10.1. The fourth-order valence-corrected chi connectivity index (χ4v) is 4.56. The molecule has 29 heavy (non-hydrogen) atoms. The third kappa shape index (κ3) is 3.69. The summed E-state index contributed by atoms with van der Waals surface area (Å²) in [6.45, 7) is 2.96. The zero-order chi connectivity index (χ0) is 20.5. The third-order valence-electron chi connectivity index (χ3n) is 6.18. The quantitative estimate of drug-likeness (QED) is 0.807. The van der Waals surface area contributed by atoms with E-state index in [1.165, 1.54) is 11.3 Å². The largest absolute Gasteiger partial charge is 0.368 e. The number of hydrogen-bond acceptors (Lipinski definition) is 4. The average Bonchev–Trinajstić information content (AvgIpc) is 3.30. The number of likely N-dealkylation sites (N-methyl/N-ethyl adjacent to an activating group) is 1. The highest BCUT2D eigenvalue weighted by atomic mass is 16.2. The van der Waals surface area contributed by atoms with Gasteiger partial charge in [-0.3, -0.25) is 19.4 Å². The highest BCUT2D eigenvalue weighted by molar-refractivity contribution is 6.04. The molecule has 0 bridgehead atoms. The van der Waals surface area contributed by atoms with E-state index in [-0.39, 0.29) is 18.0 Å². The van der Waals surface area contributed by atoms with Crippen molar-refractivity contribution in [2.45, 2.75) is 37.8 Å². The highest BCUT2D eigenvalue weighted by Crippen LogP contribution is 2.35. The highest BCUT2D eigenvalue weighted by Gasteiger charge is 2.51. The van der Waals surface area contributed by atoms with E-state index in [1.807, 2.05) is 18.6 Å². The zero-order valence-corrected chi connectivity index (χ0v) is 16.8. The Morgan fingerprint density at radius 3 is 2.45 bits per heavy atom. The molecule has 155 valence electrons. The van der Waals surface area contributed by atoms with Gasteiger partial charge in [0, 0.05) is 25.0 Å². The Morgan fingerprint density at radius 2 is 1.79 bits per heavy atom. The summed E-state index contributed by atoms with van der Waals surface area (Å²) in [5.41, 5.74) is 6.98. The minimum Gasteiger partial charge on any atom is -0.368 e. The van der Waals surface area contributed by atoms with E-state index in [9.17, 15) is 14.4 Å². The maximum absolute atomic E-state index is 12.8. The van der Waals surface area contributed by atoms with Gasteiger partial charge in [0.05, 0.1) is 12.6 Å². The number of urea groups is 1. The third-order valence-corrected chi connectivity index (χ3v) is 6.18. The molecule has 3 aliphatic rings. The first-order chi connectivity index (χ1) is 14.0. The molecule has 2 N–H and O–H groups in total. The Labute approximate surface area is 171 Å². The number of amides is 4. The second-order valence-corrected chi connectivity index (χ2v) is 8.01. The molecule has 1 unspecified atom stereocenters. The van der Waals surface area contributed by atoms with Crippen LogP contribution in [0.5, 0.6) is 0 Å². The molecule has 3 fully saturated rings. The number of nitrogens with two attached hydrogens (primary N) is 1. The second kappa shape index (κ2) is 8.02. The van der Waals surface area contributed by atoms with Crippen molar-refractivity contribution in [2.75, 3.05) is 43.0 Å². The van der Waals surface area contributed by atoms with Gasteiger partial charge in [0.2, 0.25) is 11.8 Å². The van der Waals surface area contributed by atoms with Crippen molar-refractivity contribution in [1.29, 1.82) is 0 Å². The van der Waals surface area contributed by atoms with Crippen LogP contribution in [-0.2, 0) is 9.59 Å². The molecule has 1 radical (unpaired) electrons. The number of rotatable bonds is 5. The van der Waals surface area contributed by atoms with Gasteiger partial charge in [-0.2, -0.15) is 0 Å². The van der Waals surface area contributed by atoms with Crippen LogP contribution in [0.1, 0.15) is 25.7 Å². The predicted molar refractivity (Wildman–Crippen MR) is 110 cm³/mol. The SMILES string of the molecule is CN(C(=O)CN1CCCCC1)c1ccc(N2C(=O)N3CC[CH][C@@H]3C2C(N)=O)cc1. The maximum Gasteiger partial charge on any atom is 0.325 e. The molecule has 2 atom stereocenters. The lowest BCUT2D eigenvalue weighted by Gasteiger charge is -2.28. The molecule has 1 aromatic carbocycles. The van der Waals surface area contributed by atoms with Gasteiger partial charge in [-0.1, -0.05) is 6.42 Å². The molecule has 8 heteroatoms. The van der Waals surface area contributed by atoms with Crippen molar-refractivity contribution in [2.24, 2.45) is 5.73 Å². The van der Waals surface area contributed by atoms with E-state index in [0.717, 1.165) is 38.0 Å². The number of benzene rings is 1. The van der Waals surface area contributed by atoms with Gasteiger partial charge in [-0.25, -0.2) is 4.79 Å². The molecule has 3 heterocycles. The lowest BCUT2D eigenvalue weighted by Crippen LogP contribution is -2.46. The molecular formula is C21H28N5O3. The van der Waals surface area contributed by atoms with Crippen LogP contribution in [0, 0.1) is 6.42 Å². The van der Waals surface area contributed by atoms with Crippen molar-refractivity contribution in [3.63, 3.8) is 0 Å². The summed E-state index contributed by atoms with van der Waals surface area (Å²) in [6.07, 6.45) is 6.28. The summed E-state index contributed by atoms with van der Waals surface area (Å²) < 4.78 is 0. The van der Waals surface area contributed by atoms with E-state index in [0.29, 0.717) is 18.8 Å². The van der Waals surface area contributed by atoms with E-state index < -0.39 is 11.9 Å². The molecular weight excluding hydrogens is 370 g/mol. The number of piperidine rings is 1. The first-order valence-electron chi connectivity index (χ1n) is 10.3. The van der Waals surface area contributed by atoms with E-state index >= 15 is 0 Å². The molecule has 0 spiro atoms. The first-order valence-corrected chi connectivity index (χ1v) is 10.3. The molecule has 0 aliphatic carbocycles. The average molecular weight is 398 g/mol. The lowest BCUT2D eigenvalue weighted by molar-refractivity contribution is -0.120. The van der Waals surface area contributed by atoms with Crippen molar-refractivity contribution >= 4 is 29.2 Å². The van der Waals surface area contributed by atoms with Crippen LogP contribution in [0.2, 0.25) is 0 Å². The van der Waals surface area contributed by atoms with Crippen molar-refractivity contribution in [3.05, 3.63) is 30.7 Å². The normalized spacial score (nSPS) is 24.7. The topological polar surface area (TPSA) is 90.2 Å². The molecule has 4 amide bonds. The van der Waals surface area contributed by atoms with Gasteiger partial charge >= 0.3 is 6.03 Å². The van der Waals surface area contributed by atoms with Gasteiger partial charge in [-0.15, -0.1) is 0 Å². The first kappa shape index (κ1) is 19.7. The number of hydrogen-bond donors (Lipinski definition) is 1. The zero-order valence-electron chi connectivity index (χ0n) is 16.8. The fraction of sp³-hybridized carbons (Fsp3) is 0.524.